The van der Waals surface area contributed by atoms with Gasteiger partial charge in [-0.1, -0.05) is 129 Å². The molecule has 0 spiro atoms. The summed E-state index contributed by atoms with van der Waals surface area (Å²) in [4.78, 5) is 17.1. The molecular formula is C43H56IrNO2SSi-. The molecule has 0 amide bonds. The molecule has 265 valence electrons. The molecule has 6 heteroatoms. The molecule has 0 fully saturated rings. The average molecular weight is 871 g/mol. The van der Waals surface area contributed by atoms with Gasteiger partial charge in [0.15, 0.2) is 5.78 Å². The molecule has 0 saturated heterocycles. The van der Waals surface area contributed by atoms with Crippen molar-refractivity contribution in [3.05, 3.63) is 84.3 Å². The number of carbonyl (C=O) groups is 1. The van der Waals surface area contributed by atoms with Crippen LogP contribution >= 0.6 is 11.3 Å². The zero-order valence-electron chi connectivity index (χ0n) is 31.7. The van der Waals surface area contributed by atoms with Crippen molar-refractivity contribution >= 4 is 61.3 Å². The monoisotopic (exact) mass is 871 g/mol. The number of hydrogen-bond acceptors (Lipinski definition) is 4. The number of carbonyl (C=O) groups excluding carboxylic acids is 1. The Labute approximate surface area is 314 Å². The molecule has 0 saturated carbocycles. The van der Waals surface area contributed by atoms with Crippen molar-refractivity contribution in [2.24, 2.45) is 10.8 Å². The van der Waals surface area contributed by atoms with Crippen LogP contribution in [0.5, 0.6) is 0 Å². The number of fused-ring (bicyclic) bond motifs is 4. The molecule has 49 heavy (non-hydrogen) atoms. The van der Waals surface area contributed by atoms with Crippen LogP contribution in [0.15, 0.2) is 72.6 Å². The van der Waals surface area contributed by atoms with Crippen molar-refractivity contribution in [2.45, 2.75) is 113 Å². The van der Waals surface area contributed by atoms with Gasteiger partial charge in [-0.05, 0) is 53.1 Å². The number of pyridine rings is 1. The molecule has 2 aromatic heterocycles. The van der Waals surface area contributed by atoms with Crippen LogP contribution in [0.25, 0.3) is 42.2 Å². The Hall–Kier alpha value is -2.63. The van der Waals surface area contributed by atoms with Crippen molar-refractivity contribution < 1.29 is 30.0 Å². The first-order valence-corrected chi connectivity index (χ1v) is 22.0. The smallest absolute Gasteiger partial charge is 0.164 e. The predicted molar refractivity (Wildman–Crippen MR) is 214 cm³/mol. The maximum atomic E-state index is 12.2. The molecule has 0 aliphatic heterocycles. The van der Waals surface area contributed by atoms with E-state index in [0.29, 0.717) is 0 Å². The van der Waals surface area contributed by atoms with Crippen LogP contribution < -0.4 is 5.19 Å². The van der Waals surface area contributed by atoms with Gasteiger partial charge in [0.05, 0.1) is 8.07 Å². The van der Waals surface area contributed by atoms with E-state index in [4.69, 9.17) is 4.98 Å². The van der Waals surface area contributed by atoms with E-state index in [1.54, 1.807) is 0 Å². The SMILES string of the molecule is CC(C)(C)c1cc(-c2nccc3c2sc2c([Si](C)(C)C)cccc23)[c-]c2ccccc12.CCC(C)(CC)C(=O)/C=C(\O)C(C)(CC)CC.[Ir]. The molecule has 0 aliphatic rings. The van der Waals surface area contributed by atoms with Gasteiger partial charge in [-0.2, -0.15) is 0 Å². The average Bonchev–Trinajstić information content (AvgIpc) is 3.45. The second-order valence-electron chi connectivity index (χ2n) is 15.9. The molecule has 2 heterocycles. The van der Waals surface area contributed by atoms with E-state index in [1.807, 2.05) is 59.1 Å². The summed E-state index contributed by atoms with van der Waals surface area (Å²) in [7, 11) is -1.45. The standard InChI is InChI=1S/C28H28NSSi.C15H28O2.Ir/c1-28(2,3)23-17-19(16-18-10-7-8-11-20(18)23)25-27-22(14-15-29-25)21-12-9-13-24(26(21)30-27)31(4,5)6;1-7-14(5,8-2)12(16)11-13(17)15(6,9-3)10-4;/h7-15,17H,1-6H3;11,16H,7-10H2,1-6H3;/q-1;;/b;12-11-;. The van der Waals surface area contributed by atoms with Crippen molar-refractivity contribution in [1.82, 2.24) is 4.98 Å². The van der Waals surface area contributed by atoms with Gasteiger partial charge in [0.1, 0.15) is 5.76 Å². The number of allylic oxidation sites excluding steroid dienone is 2. The predicted octanol–water partition coefficient (Wildman–Crippen LogP) is 12.6. The van der Waals surface area contributed by atoms with E-state index in [9.17, 15) is 9.90 Å². The molecule has 3 nitrogen and oxygen atoms in total. The molecular weight excluding hydrogens is 815 g/mol. The topological polar surface area (TPSA) is 50.2 Å². The summed E-state index contributed by atoms with van der Waals surface area (Å²) in [5, 5.41) is 16.8. The largest absolute Gasteiger partial charge is 0.512 e. The summed E-state index contributed by atoms with van der Waals surface area (Å²) in [6.07, 6.45) is 6.72. The van der Waals surface area contributed by atoms with E-state index >= 15 is 0 Å². The Balaban J connectivity index is 0.000000312. The van der Waals surface area contributed by atoms with Crippen LogP contribution in [0.4, 0.5) is 0 Å². The first-order valence-electron chi connectivity index (χ1n) is 17.7. The Morgan fingerprint density at radius 3 is 1.96 bits per heavy atom. The minimum atomic E-state index is -1.45. The van der Waals surface area contributed by atoms with Gasteiger partial charge in [-0.15, -0.1) is 40.5 Å². The number of benzene rings is 3. The summed E-state index contributed by atoms with van der Waals surface area (Å²) in [6.45, 7) is 26.2. The summed E-state index contributed by atoms with van der Waals surface area (Å²) < 4.78 is 2.71. The zero-order chi connectivity index (χ0) is 35.7. The van der Waals surface area contributed by atoms with Crippen molar-refractivity contribution in [3.63, 3.8) is 0 Å². The minimum Gasteiger partial charge on any atom is -0.512 e. The van der Waals surface area contributed by atoms with Crippen LogP contribution in [0, 0.1) is 16.9 Å². The van der Waals surface area contributed by atoms with Gasteiger partial charge < -0.3 is 5.11 Å². The van der Waals surface area contributed by atoms with Gasteiger partial charge in [-0.3, -0.25) is 9.78 Å². The van der Waals surface area contributed by atoms with E-state index < -0.39 is 8.07 Å². The minimum absolute atomic E-state index is 0. The maximum absolute atomic E-state index is 12.2. The van der Waals surface area contributed by atoms with Crippen molar-refractivity contribution in [2.75, 3.05) is 0 Å². The Bertz CT molecular complexity index is 1950. The summed E-state index contributed by atoms with van der Waals surface area (Å²) in [5.74, 6) is 0.286. The first kappa shape index (κ1) is 40.8. The second-order valence-corrected chi connectivity index (χ2v) is 22.0. The van der Waals surface area contributed by atoms with Gasteiger partial charge in [0.25, 0.3) is 0 Å². The molecule has 3 aromatic carbocycles. The molecule has 0 aliphatic carbocycles. The summed E-state index contributed by atoms with van der Waals surface area (Å²) in [5.41, 5.74) is 2.93. The number of nitrogens with zero attached hydrogens (tertiary/aromatic N) is 1. The number of rotatable bonds is 9. The zero-order valence-corrected chi connectivity index (χ0v) is 35.9. The third-order valence-corrected chi connectivity index (χ3v) is 14.1. The van der Waals surface area contributed by atoms with E-state index in [0.717, 1.165) is 42.3 Å². The number of thiophene rings is 1. The summed E-state index contributed by atoms with van der Waals surface area (Å²) in [6, 6.07) is 23.6. The fourth-order valence-corrected chi connectivity index (χ4v) is 9.87. The molecule has 1 radical (unpaired) electrons. The van der Waals surface area contributed by atoms with Crippen LogP contribution in [-0.4, -0.2) is 23.9 Å². The van der Waals surface area contributed by atoms with Gasteiger partial charge >= 0.3 is 0 Å². The van der Waals surface area contributed by atoms with Crippen LogP contribution in [0.3, 0.4) is 0 Å². The quantitative estimate of drug-likeness (QED) is 0.0695. The number of aromatic nitrogens is 1. The summed E-state index contributed by atoms with van der Waals surface area (Å²) >= 11 is 1.91. The van der Waals surface area contributed by atoms with Gasteiger partial charge in [-0.25, -0.2) is 0 Å². The second kappa shape index (κ2) is 15.7. The van der Waals surface area contributed by atoms with E-state index in [1.165, 1.54) is 42.4 Å². The molecule has 0 atom stereocenters. The molecule has 1 N–H and O–H groups in total. The molecule has 5 rings (SSSR count). The van der Waals surface area contributed by atoms with Crippen molar-refractivity contribution in [3.8, 4) is 11.3 Å². The molecule has 0 unspecified atom stereocenters. The molecule has 5 aromatic rings. The van der Waals surface area contributed by atoms with Crippen LogP contribution in [-0.2, 0) is 30.3 Å². The number of aliphatic hydroxyl groups is 1. The maximum Gasteiger partial charge on any atom is 0.164 e. The Morgan fingerprint density at radius 2 is 1.39 bits per heavy atom. The van der Waals surface area contributed by atoms with E-state index in [-0.39, 0.29) is 47.9 Å². The van der Waals surface area contributed by atoms with Crippen LogP contribution in [0.2, 0.25) is 19.6 Å². The van der Waals surface area contributed by atoms with Crippen LogP contribution in [0.1, 0.15) is 93.6 Å². The Kier molecular flexibility index (Phi) is 13.1. The third-order valence-electron chi connectivity index (χ3n) is 10.7. The number of hydrogen-bond donors (Lipinski definition) is 1. The van der Waals surface area contributed by atoms with Crippen molar-refractivity contribution in [1.29, 1.82) is 0 Å². The first-order chi connectivity index (χ1) is 22.4. The fourth-order valence-electron chi connectivity index (χ4n) is 6.17. The number of ketones is 1. The Morgan fingerprint density at radius 1 is 0.816 bits per heavy atom. The number of aliphatic hydroxyl groups excluding tert-OH is 1. The molecule has 0 bridgehead atoms. The normalized spacial score (nSPS) is 12.9. The van der Waals surface area contributed by atoms with Gasteiger partial charge in [0, 0.05) is 58.3 Å². The fraction of sp³-hybridized carbons (Fsp3) is 0.442. The van der Waals surface area contributed by atoms with Gasteiger partial charge in [0.2, 0.25) is 0 Å². The third kappa shape index (κ3) is 8.47. The van der Waals surface area contributed by atoms with E-state index in [2.05, 4.69) is 101 Å².